The number of amides is 2. The molecule has 0 spiro atoms. The van der Waals surface area contributed by atoms with E-state index in [1.54, 1.807) is 16.9 Å². The molecule has 1 heterocycles. The highest BCUT2D eigenvalue weighted by Gasteiger charge is 2.34. The molecule has 0 aliphatic carbocycles. The number of ether oxygens (including phenoxy) is 1. The van der Waals surface area contributed by atoms with Crippen LogP contribution in [0.5, 0.6) is 0 Å². The summed E-state index contributed by atoms with van der Waals surface area (Å²) in [6.07, 6.45) is 0. The number of rotatable bonds is 7. The highest BCUT2D eigenvalue weighted by molar-refractivity contribution is 7.89. The van der Waals surface area contributed by atoms with Crippen molar-refractivity contribution in [2.45, 2.75) is 4.90 Å². The van der Waals surface area contributed by atoms with Gasteiger partial charge in [0.25, 0.3) is 11.8 Å². The van der Waals surface area contributed by atoms with E-state index in [0.29, 0.717) is 12.1 Å². The summed E-state index contributed by atoms with van der Waals surface area (Å²) in [5.74, 6) is -7.68. The summed E-state index contributed by atoms with van der Waals surface area (Å²) in [6, 6.07) is 7.07. The van der Waals surface area contributed by atoms with E-state index in [0.717, 1.165) is 4.90 Å². The van der Waals surface area contributed by atoms with Crippen LogP contribution in [0.1, 0.15) is 20.7 Å². The maximum atomic E-state index is 13.6. The number of carbonyl (C=O) groups is 3. The lowest BCUT2D eigenvalue weighted by Crippen LogP contribution is -2.35. The molecule has 30 heavy (non-hydrogen) atoms. The molecule has 2 amide bonds. The first-order valence-electron chi connectivity index (χ1n) is 8.37. The summed E-state index contributed by atoms with van der Waals surface area (Å²) < 4.78 is 70.1. The number of esters is 1. The Labute approximate surface area is 168 Å². The van der Waals surface area contributed by atoms with E-state index in [1.165, 1.54) is 12.1 Å². The van der Waals surface area contributed by atoms with Crippen LogP contribution in [0.2, 0.25) is 0 Å². The molecule has 1 N–H and O–H groups in total. The van der Waals surface area contributed by atoms with E-state index in [4.69, 9.17) is 4.74 Å². The quantitative estimate of drug-likeness (QED) is 0.392. The van der Waals surface area contributed by atoms with Gasteiger partial charge in [0.2, 0.25) is 10.0 Å². The van der Waals surface area contributed by atoms with Crippen molar-refractivity contribution in [2.75, 3.05) is 19.7 Å². The fraction of sp³-hybridized carbons (Fsp3) is 0.167. The van der Waals surface area contributed by atoms with E-state index in [2.05, 4.69) is 0 Å². The highest BCUT2D eigenvalue weighted by atomic mass is 32.2. The van der Waals surface area contributed by atoms with Crippen molar-refractivity contribution in [1.29, 1.82) is 0 Å². The Balaban J connectivity index is 1.53. The zero-order chi connectivity index (χ0) is 22.1. The van der Waals surface area contributed by atoms with E-state index in [-0.39, 0.29) is 17.7 Å². The number of imide groups is 1. The Bertz CT molecular complexity index is 1120. The van der Waals surface area contributed by atoms with Gasteiger partial charge in [-0.25, -0.2) is 21.6 Å². The van der Waals surface area contributed by atoms with E-state index >= 15 is 0 Å². The molecule has 12 heteroatoms. The average Bonchev–Trinajstić information content (AvgIpc) is 2.95. The van der Waals surface area contributed by atoms with Crippen molar-refractivity contribution in [3.8, 4) is 0 Å². The van der Waals surface area contributed by atoms with Crippen LogP contribution in [0.15, 0.2) is 41.3 Å². The Hall–Kier alpha value is -3.25. The third-order valence-corrected chi connectivity index (χ3v) is 5.57. The van der Waals surface area contributed by atoms with Gasteiger partial charge in [0.1, 0.15) is 18.0 Å². The smallest absolute Gasteiger partial charge is 0.321 e. The minimum absolute atomic E-state index is 0.218. The second-order valence-corrected chi connectivity index (χ2v) is 7.76. The standard InChI is InChI=1S/C18H13F3N2O6S/c19-12-5-6-13(16(21)15(12)20)30(27,28)22-9-14(24)29-8-7-23-17(25)10-3-1-2-4-11(10)18(23)26/h1-6,22H,7-9H2. The monoisotopic (exact) mass is 442 g/mol. The Morgan fingerprint density at radius 1 is 0.967 bits per heavy atom. The fourth-order valence-electron chi connectivity index (χ4n) is 2.69. The molecule has 0 saturated heterocycles. The van der Waals surface area contributed by atoms with Crippen LogP contribution in [0.25, 0.3) is 0 Å². The highest BCUT2D eigenvalue weighted by Crippen LogP contribution is 2.22. The number of carbonyl (C=O) groups excluding carboxylic acids is 3. The van der Waals surface area contributed by atoms with Crippen LogP contribution >= 0.6 is 0 Å². The number of fused-ring (bicyclic) bond motifs is 1. The Morgan fingerprint density at radius 3 is 2.17 bits per heavy atom. The number of benzene rings is 2. The molecule has 0 aromatic heterocycles. The van der Waals surface area contributed by atoms with Crippen LogP contribution in [-0.2, 0) is 19.6 Å². The topological polar surface area (TPSA) is 110 Å². The van der Waals surface area contributed by atoms with E-state index in [1.807, 2.05) is 0 Å². The number of hydrogen-bond acceptors (Lipinski definition) is 6. The molecule has 1 aliphatic heterocycles. The van der Waals surface area contributed by atoms with E-state index in [9.17, 15) is 36.0 Å². The molecule has 2 aromatic rings. The minimum Gasteiger partial charge on any atom is -0.463 e. The number of nitrogens with zero attached hydrogens (tertiary/aromatic N) is 1. The van der Waals surface area contributed by atoms with Gasteiger partial charge in [-0.2, -0.15) is 4.72 Å². The molecule has 0 saturated carbocycles. The van der Waals surface area contributed by atoms with Crippen molar-refractivity contribution < 1.29 is 40.7 Å². The first-order chi connectivity index (χ1) is 14.1. The predicted octanol–water partition coefficient (Wildman–Crippen LogP) is 1.22. The van der Waals surface area contributed by atoms with Gasteiger partial charge in [0.05, 0.1) is 17.7 Å². The van der Waals surface area contributed by atoms with Gasteiger partial charge in [0, 0.05) is 0 Å². The van der Waals surface area contributed by atoms with Crippen LogP contribution in [0.3, 0.4) is 0 Å². The molecule has 8 nitrogen and oxygen atoms in total. The van der Waals surface area contributed by atoms with Gasteiger partial charge in [-0.05, 0) is 24.3 Å². The number of sulfonamides is 1. The normalized spacial score (nSPS) is 13.5. The molecular weight excluding hydrogens is 429 g/mol. The zero-order valence-electron chi connectivity index (χ0n) is 15.0. The average molecular weight is 442 g/mol. The summed E-state index contributed by atoms with van der Waals surface area (Å²) >= 11 is 0. The summed E-state index contributed by atoms with van der Waals surface area (Å²) in [4.78, 5) is 35.7. The molecule has 0 fully saturated rings. The van der Waals surface area contributed by atoms with Crippen LogP contribution in [0, 0.1) is 17.5 Å². The zero-order valence-corrected chi connectivity index (χ0v) is 15.8. The van der Waals surface area contributed by atoms with Gasteiger partial charge < -0.3 is 4.74 Å². The molecule has 0 bridgehead atoms. The first kappa shape index (κ1) is 21.5. The molecule has 0 unspecified atom stereocenters. The predicted molar refractivity (Wildman–Crippen MR) is 94.3 cm³/mol. The Kier molecular flexibility index (Phi) is 5.89. The third kappa shape index (κ3) is 4.04. The number of hydrogen-bond donors (Lipinski definition) is 1. The molecular formula is C18H13F3N2O6S. The third-order valence-electron chi connectivity index (χ3n) is 4.15. The van der Waals surface area contributed by atoms with E-state index < -0.39 is 63.3 Å². The summed E-state index contributed by atoms with van der Waals surface area (Å²) in [5.41, 5.74) is 0.435. The van der Waals surface area contributed by atoms with Crippen molar-refractivity contribution in [3.63, 3.8) is 0 Å². The molecule has 2 aromatic carbocycles. The van der Waals surface area contributed by atoms with Gasteiger partial charge >= 0.3 is 5.97 Å². The van der Waals surface area contributed by atoms with Gasteiger partial charge in [-0.15, -0.1) is 0 Å². The maximum Gasteiger partial charge on any atom is 0.321 e. The molecule has 3 rings (SSSR count). The molecule has 158 valence electrons. The second-order valence-electron chi connectivity index (χ2n) is 6.03. The molecule has 0 atom stereocenters. The van der Waals surface area contributed by atoms with Crippen LogP contribution in [-0.4, -0.2) is 50.8 Å². The van der Waals surface area contributed by atoms with Crippen molar-refractivity contribution in [3.05, 3.63) is 65.0 Å². The maximum absolute atomic E-state index is 13.6. The molecule has 1 aliphatic rings. The van der Waals surface area contributed by atoms with Gasteiger partial charge in [-0.1, -0.05) is 12.1 Å². The van der Waals surface area contributed by atoms with Crippen molar-refractivity contribution >= 4 is 27.8 Å². The lowest BCUT2D eigenvalue weighted by Gasteiger charge is -2.14. The number of halogens is 3. The van der Waals surface area contributed by atoms with Gasteiger partial charge in [-0.3, -0.25) is 19.3 Å². The fourth-order valence-corrected chi connectivity index (χ4v) is 3.73. The summed E-state index contributed by atoms with van der Waals surface area (Å²) in [7, 11) is -4.67. The lowest BCUT2D eigenvalue weighted by molar-refractivity contribution is -0.142. The minimum atomic E-state index is -4.67. The molecule has 0 radical (unpaired) electrons. The first-order valence-corrected chi connectivity index (χ1v) is 9.86. The van der Waals surface area contributed by atoms with Crippen molar-refractivity contribution in [2.24, 2.45) is 0 Å². The summed E-state index contributed by atoms with van der Waals surface area (Å²) in [6.45, 7) is -1.61. The second kappa shape index (κ2) is 8.24. The largest absolute Gasteiger partial charge is 0.463 e. The van der Waals surface area contributed by atoms with Crippen LogP contribution < -0.4 is 4.72 Å². The summed E-state index contributed by atoms with van der Waals surface area (Å²) in [5, 5.41) is 0. The number of nitrogens with one attached hydrogen (secondary N) is 1. The lowest BCUT2D eigenvalue weighted by atomic mass is 10.1. The van der Waals surface area contributed by atoms with Crippen LogP contribution in [0.4, 0.5) is 13.2 Å². The SMILES string of the molecule is O=C(CNS(=O)(=O)c1ccc(F)c(F)c1F)OCCN1C(=O)c2ccccc2C1=O. The Morgan fingerprint density at radius 2 is 1.57 bits per heavy atom. The van der Waals surface area contributed by atoms with Gasteiger partial charge in [0.15, 0.2) is 17.5 Å². The van der Waals surface area contributed by atoms with Crippen molar-refractivity contribution in [1.82, 2.24) is 9.62 Å².